The Morgan fingerprint density at radius 3 is 2.67 bits per heavy atom. The van der Waals surface area contributed by atoms with Gasteiger partial charge in [-0.05, 0) is 12.1 Å². The van der Waals surface area contributed by atoms with Crippen LogP contribution in [-0.4, -0.2) is 26.8 Å². The molecule has 1 amide bonds. The highest BCUT2D eigenvalue weighted by Crippen LogP contribution is 2.22. The van der Waals surface area contributed by atoms with E-state index >= 15 is 0 Å². The predicted molar refractivity (Wildman–Crippen MR) is 77.6 cm³/mol. The van der Waals surface area contributed by atoms with Crippen LogP contribution >= 0.6 is 11.6 Å². The van der Waals surface area contributed by atoms with E-state index < -0.39 is 23.0 Å². The number of para-hydroxylation sites is 1. The molecule has 0 bridgehead atoms. The van der Waals surface area contributed by atoms with E-state index in [2.05, 4.69) is 4.99 Å². The van der Waals surface area contributed by atoms with Crippen LogP contribution in [0.2, 0.25) is 5.02 Å². The zero-order valence-electron chi connectivity index (χ0n) is 10.8. The van der Waals surface area contributed by atoms with Crippen LogP contribution in [0.1, 0.15) is 12.5 Å². The van der Waals surface area contributed by atoms with Gasteiger partial charge in [0.2, 0.25) is 11.8 Å². The van der Waals surface area contributed by atoms with Crippen LogP contribution in [0.5, 0.6) is 5.88 Å². The van der Waals surface area contributed by atoms with E-state index in [9.17, 15) is 19.5 Å². The Morgan fingerprint density at radius 1 is 1.38 bits per heavy atom. The van der Waals surface area contributed by atoms with Crippen LogP contribution < -0.4 is 11.2 Å². The number of nitrogens with one attached hydrogen (secondary N) is 1. The minimum absolute atomic E-state index is 0.190. The molecule has 0 radical (unpaired) electrons. The first-order valence-corrected chi connectivity index (χ1v) is 6.17. The van der Waals surface area contributed by atoms with Gasteiger partial charge in [0.15, 0.2) is 0 Å². The molecule has 7 nitrogen and oxygen atoms in total. The van der Waals surface area contributed by atoms with Crippen molar-refractivity contribution in [3.8, 4) is 11.6 Å². The number of aliphatic imine (C=N–C) groups is 1. The molecular weight excluding hydrogens is 298 g/mol. The maximum absolute atomic E-state index is 11.9. The van der Waals surface area contributed by atoms with Gasteiger partial charge in [-0.3, -0.25) is 14.6 Å². The first-order chi connectivity index (χ1) is 9.91. The lowest BCUT2D eigenvalue weighted by molar-refractivity contribution is -0.115. The van der Waals surface area contributed by atoms with Crippen LogP contribution in [0, 0.1) is 0 Å². The van der Waals surface area contributed by atoms with Gasteiger partial charge < -0.3 is 5.11 Å². The van der Waals surface area contributed by atoms with Gasteiger partial charge in [-0.25, -0.2) is 14.4 Å². The van der Waals surface area contributed by atoms with E-state index in [4.69, 9.17) is 11.6 Å². The number of hydrogen-bond donors (Lipinski definition) is 2. The van der Waals surface area contributed by atoms with E-state index in [-0.39, 0.29) is 16.3 Å². The number of halogens is 1. The number of carbonyl (C=O) groups is 1. The summed E-state index contributed by atoms with van der Waals surface area (Å²) in [5, 5.41) is 10.3. The van der Waals surface area contributed by atoms with Crippen molar-refractivity contribution < 1.29 is 9.90 Å². The summed E-state index contributed by atoms with van der Waals surface area (Å²) in [6, 6.07) is 6.28. The van der Waals surface area contributed by atoms with Crippen molar-refractivity contribution in [3.63, 3.8) is 0 Å². The molecule has 108 valence electrons. The highest BCUT2D eigenvalue weighted by atomic mass is 35.5. The molecule has 0 aliphatic rings. The third kappa shape index (κ3) is 2.92. The molecule has 0 fully saturated rings. The van der Waals surface area contributed by atoms with Crippen molar-refractivity contribution in [2.75, 3.05) is 0 Å². The van der Waals surface area contributed by atoms with Gasteiger partial charge in [-0.2, -0.15) is 0 Å². The van der Waals surface area contributed by atoms with Crippen LogP contribution in [0.4, 0.5) is 0 Å². The Bertz CT molecular complexity index is 851. The summed E-state index contributed by atoms with van der Waals surface area (Å²) in [5.41, 5.74) is -1.84. The monoisotopic (exact) mass is 307 g/mol. The number of aromatic nitrogens is 2. The second kappa shape index (κ2) is 5.76. The number of nitrogens with zero attached hydrogens (tertiary/aromatic N) is 2. The number of benzene rings is 1. The second-order valence-corrected chi connectivity index (χ2v) is 4.47. The molecule has 0 atom stereocenters. The topological polar surface area (TPSA) is 105 Å². The lowest BCUT2D eigenvalue weighted by Crippen LogP contribution is -2.31. The van der Waals surface area contributed by atoms with Crippen LogP contribution in [0.25, 0.3) is 5.69 Å². The Labute approximate surface area is 123 Å². The van der Waals surface area contributed by atoms with Crippen molar-refractivity contribution in [2.45, 2.75) is 6.92 Å². The van der Waals surface area contributed by atoms with Gasteiger partial charge in [-0.15, -0.1) is 0 Å². The summed E-state index contributed by atoms with van der Waals surface area (Å²) >= 11 is 5.97. The minimum Gasteiger partial charge on any atom is -0.493 e. The second-order valence-electron chi connectivity index (χ2n) is 4.06. The average molecular weight is 308 g/mol. The van der Waals surface area contributed by atoms with E-state index in [0.29, 0.717) is 0 Å². The molecule has 0 aliphatic heterocycles. The number of H-pyrrole nitrogens is 1. The molecule has 0 saturated heterocycles. The predicted octanol–water partition coefficient (Wildman–Crippen LogP) is 0.850. The van der Waals surface area contributed by atoms with Gasteiger partial charge >= 0.3 is 5.69 Å². The maximum atomic E-state index is 11.9. The molecule has 2 rings (SSSR count). The summed E-state index contributed by atoms with van der Waals surface area (Å²) in [6.45, 7) is 1.19. The fraction of sp³-hybridized carbons (Fsp3) is 0.0769. The van der Waals surface area contributed by atoms with Crippen LogP contribution in [0.15, 0.2) is 38.8 Å². The molecule has 8 heteroatoms. The molecule has 0 unspecified atom stereocenters. The zero-order chi connectivity index (χ0) is 15.6. The van der Waals surface area contributed by atoms with E-state index in [1.807, 2.05) is 4.98 Å². The molecule has 2 N–H and O–H groups in total. The zero-order valence-corrected chi connectivity index (χ0v) is 11.6. The summed E-state index contributed by atoms with van der Waals surface area (Å²) in [6.07, 6.45) is 0.892. The Balaban J connectivity index is 2.77. The Morgan fingerprint density at radius 2 is 2.05 bits per heavy atom. The molecule has 2 aromatic rings. The molecule has 0 saturated carbocycles. The minimum atomic E-state index is -0.856. The van der Waals surface area contributed by atoms with Crippen molar-refractivity contribution in [1.29, 1.82) is 0 Å². The molecule has 0 spiro atoms. The first kappa shape index (κ1) is 14.7. The van der Waals surface area contributed by atoms with Gasteiger partial charge in [0.05, 0.1) is 10.7 Å². The Kier molecular flexibility index (Phi) is 4.04. The fourth-order valence-electron chi connectivity index (χ4n) is 1.67. The quantitative estimate of drug-likeness (QED) is 0.802. The molecule has 1 heterocycles. The number of aromatic amines is 1. The molecule has 0 aliphatic carbocycles. The average Bonchev–Trinajstić information content (AvgIpc) is 2.40. The van der Waals surface area contributed by atoms with Gasteiger partial charge in [0.1, 0.15) is 5.56 Å². The van der Waals surface area contributed by atoms with Gasteiger partial charge in [-0.1, -0.05) is 23.7 Å². The van der Waals surface area contributed by atoms with E-state index in [1.54, 1.807) is 12.1 Å². The lowest BCUT2D eigenvalue weighted by atomic mass is 10.3. The smallest absolute Gasteiger partial charge is 0.335 e. The summed E-state index contributed by atoms with van der Waals surface area (Å²) < 4.78 is 0.825. The standard InChI is InChI=1S/C13H10ClN3O4/c1-7(18)15-6-8-11(19)16-13(21)17(12(8)20)10-5-3-2-4-9(10)14/h2-6,20H,1H3,(H,16,19,21). The molecule has 21 heavy (non-hydrogen) atoms. The first-order valence-electron chi connectivity index (χ1n) is 5.79. The van der Waals surface area contributed by atoms with Crippen LogP contribution in [-0.2, 0) is 4.79 Å². The van der Waals surface area contributed by atoms with Crippen molar-refractivity contribution in [3.05, 3.63) is 55.7 Å². The molecular formula is C13H10ClN3O4. The number of aromatic hydroxyl groups is 1. The summed E-state index contributed by atoms with van der Waals surface area (Å²) in [4.78, 5) is 39.8. The van der Waals surface area contributed by atoms with Crippen molar-refractivity contribution in [1.82, 2.24) is 9.55 Å². The summed E-state index contributed by atoms with van der Waals surface area (Å²) in [7, 11) is 0. The maximum Gasteiger partial charge on any atom is 0.335 e. The number of hydrogen-bond acceptors (Lipinski definition) is 4. The largest absolute Gasteiger partial charge is 0.493 e. The van der Waals surface area contributed by atoms with Crippen molar-refractivity contribution in [2.24, 2.45) is 4.99 Å². The van der Waals surface area contributed by atoms with Gasteiger partial charge in [0.25, 0.3) is 5.56 Å². The number of rotatable bonds is 2. The fourth-order valence-corrected chi connectivity index (χ4v) is 1.89. The Hall–Kier alpha value is -2.67. The normalized spacial score (nSPS) is 11.0. The number of amides is 1. The lowest BCUT2D eigenvalue weighted by Gasteiger charge is -2.10. The third-order valence-electron chi connectivity index (χ3n) is 2.59. The van der Waals surface area contributed by atoms with Crippen molar-refractivity contribution >= 4 is 23.7 Å². The molecule has 1 aromatic carbocycles. The van der Waals surface area contributed by atoms with Crippen LogP contribution in [0.3, 0.4) is 0 Å². The number of carbonyl (C=O) groups excluding carboxylic acids is 1. The third-order valence-corrected chi connectivity index (χ3v) is 2.91. The SMILES string of the molecule is CC(=O)N=Cc1c(O)n(-c2ccccc2Cl)c(=O)[nH]c1=O. The van der Waals surface area contributed by atoms with E-state index in [0.717, 1.165) is 10.8 Å². The highest BCUT2D eigenvalue weighted by molar-refractivity contribution is 6.32. The molecule has 1 aromatic heterocycles. The van der Waals surface area contributed by atoms with Gasteiger partial charge in [0, 0.05) is 13.1 Å². The highest BCUT2D eigenvalue weighted by Gasteiger charge is 2.15. The van der Waals surface area contributed by atoms with E-state index in [1.165, 1.54) is 19.1 Å². The summed E-state index contributed by atoms with van der Waals surface area (Å²) in [5.74, 6) is -1.20.